The van der Waals surface area contributed by atoms with Crippen LogP contribution in [0.1, 0.15) is 28.4 Å². The highest BCUT2D eigenvalue weighted by Gasteiger charge is 2.11. The molecular weight excluding hydrogens is 268 g/mol. The molecule has 1 atom stereocenters. The molecule has 1 unspecified atom stereocenters. The van der Waals surface area contributed by atoms with Gasteiger partial charge in [-0.1, -0.05) is 36.4 Å². The third-order valence-corrected chi connectivity index (χ3v) is 3.25. The fraction of sp³-hybridized carbons (Fsp3) is 0.250. The lowest BCUT2D eigenvalue weighted by molar-refractivity contribution is 0.0690. The van der Waals surface area contributed by atoms with E-state index in [-0.39, 0.29) is 18.2 Å². The molecule has 0 saturated carbocycles. The predicted octanol–water partition coefficient (Wildman–Crippen LogP) is 2.36. The number of nitrogens with one attached hydrogen (secondary N) is 1. The van der Waals surface area contributed by atoms with E-state index < -0.39 is 5.97 Å². The number of hydrogen-bond donors (Lipinski definition) is 3. The molecule has 110 valence electrons. The largest absolute Gasteiger partial charge is 0.477 e. The zero-order valence-corrected chi connectivity index (χ0v) is 11.6. The second-order valence-electron chi connectivity index (χ2n) is 4.71. The molecule has 0 amide bonds. The number of carboxylic acid groups (broad SMARTS) is 1. The van der Waals surface area contributed by atoms with E-state index in [0.717, 1.165) is 5.56 Å². The summed E-state index contributed by atoms with van der Waals surface area (Å²) < 4.78 is 0. The average Bonchev–Trinajstić information content (AvgIpc) is 2.52. The highest BCUT2D eigenvalue weighted by molar-refractivity contribution is 5.85. The van der Waals surface area contributed by atoms with Crippen molar-refractivity contribution in [3.63, 3.8) is 0 Å². The molecule has 0 fully saturated rings. The van der Waals surface area contributed by atoms with Crippen LogP contribution >= 0.6 is 0 Å². The molecule has 1 aromatic carbocycles. The van der Waals surface area contributed by atoms with E-state index >= 15 is 0 Å². The summed E-state index contributed by atoms with van der Waals surface area (Å²) in [6.07, 6.45) is 0.635. The molecule has 0 aliphatic carbocycles. The highest BCUT2D eigenvalue weighted by atomic mass is 16.4. The van der Waals surface area contributed by atoms with Gasteiger partial charge in [0.15, 0.2) is 5.69 Å². The maximum atomic E-state index is 10.9. The maximum Gasteiger partial charge on any atom is 0.354 e. The summed E-state index contributed by atoms with van der Waals surface area (Å²) in [6.45, 7) is 0.685. The highest BCUT2D eigenvalue weighted by Crippen LogP contribution is 2.19. The molecule has 1 aromatic heterocycles. The molecule has 0 radical (unpaired) electrons. The fourth-order valence-corrected chi connectivity index (χ4v) is 2.15. The second kappa shape index (κ2) is 7.40. The van der Waals surface area contributed by atoms with E-state index in [1.54, 1.807) is 12.1 Å². The van der Waals surface area contributed by atoms with Crippen LogP contribution in [-0.4, -0.2) is 34.3 Å². The summed E-state index contributed by atoms with van der Waals surface area (Å²) in [4.78, 5) is 14.9. The smallest absolute Gasteiger partial charge is 0.354 e. The number of aliphatic hydroxyl groups is 1. The summed E-state index contributed by atoms with van der Waals surface area (Å²) in [5, 5.41) is 21.3. The number of aromatic carboxylic acids is 1. The number of aromatic nitrogens is 1. The van der Waals surface area contributed by atoms with Crippen LogP contribution in [-0.2, 0) is 0 Å². The first-order valence-corrected chi connectivity index (χ1v) is 6.80. The first-order valence-electron chi connectivity index (χ1n) is 6.80. The van der Waals surface area contributed by atoms with Gasteiger partial charge in [-0.15, -0.1) is 0 Å². The summed E-state index contributed by atoms with van der Waals surface area (Å²) in [5.41, 5.74) is 1.15. The van der Waals surface area contributed by atoms with Gasteiger partial charge in [-0.25, -0.2) is 9.78 Å². The Kier molecular flexibility index (Phi) is 5.29. The molecule has 0 bridgehead atoms. The zero-order chi connectivity index (χ0) is 15.1. The van der Waals surface area contributed by atoms with Gasteiger partial charge in [-0.2, -0.15) is 0 Å². The van der Waals surface area contributed by atoms with Crippen LogP contribution in [0.25, 0.3) is 0 Å². The molecule has 0 aliphatic heterocycles. The number of benzene rings is 1. The third-order valence-electron chi connectivity index (χ3n) is 3.25. The van der Waals surface area contributed by atoms with Crippen molar-refractivity contribution in [1.29, 1.82) is 0 Å². The standard InChI is InChI=1S/C16H18N2O3/c19-10-9-13(12-5-2-1-3-6-12)11-17-15-8-4-7-14(18-15)16(20)21/h1-8,13,19H,9-11H2,(H,17,18)(H,20,21). The molecule has 5 nitrogen and oxygen atoms in total. The van der Waals surface area contributed by atoms with Crippen molar-refractivity contribution >= 4 is 11.8 Å². The molecular formula is C16H18N2O3. The fourth-order valence-electron chi connectivity index (χ4n) is 2.15. The number of aliphatic hydroxyl groups excluding tert-OH is 1. The Bertz CT molecular complexity index is 587. The first kappa shape index (κ1) is 15.0. The topological polar surface area (TPSA) is 82.5 Å². The van der Waals surface area contributed by atoms with E-state index in [9.17, 15) is 9.90 Å². The number of carbonyl (C=O) groups is 1. The van der Waals surface area contributed by atoms with Crippen LogP contribution in [0, 0.1) is 0 Å². The quantitative estimate of drug-likeness (QED) is 0.728. The minimum atomic E-state index is -1.05. The first-order chi connectivity index (χ1) is 10.2. The van der Waals surface area contributed by atoms with Crippen LogP contribution in [0.4, 0.5) is 5.82 Å². The van der Waals surface area contributed by atoms with E-state index in [1.165, 1.54) is 6.07 Å². The number of carboxylic acids is 1. The van der Waals surface area contributed by atoms with Gasteiger partial charge in [0.1, 0.15) is 5.82 Å². The SMILES string of the molecule is O=C(O)c1cccc(NCC(CCO)c2ccccc2)n1. The molecule has 2 aromatic rings. The Labute approximate surface area is 123 Å². The zero-order valence-electron chi connectivity index (χ0n) is 11.6. The predicted molar refractivity (Wildman–Crippen MR) is 80.6 cm³/mol. The van der Waals surface area contributed by atoms with Gasteiger partial charge in [-0.3, -0.25) is 0 Å². The van der Waals surface area contributed by atoms with Gasteiger partial charge in [0, 0.05) is 19.1 Å². The lowest BCUT2D eigenvalue weighted by atomic mass is 9.96. The van der Waals surface area contributed by atoms with Crippen molar-refractivity contribution in [1.82, 2.24) is 4.98 Å². The van der Waals surface area contributed by atoms with Gasteiger partial charge < -0.3 is 15.5 Å². The summed E-state index contributed by atoms with van der Waals surface area (Å²) in [7, 11) is 0. The van der Waals surface area contributed by atoms with E-state index in [1.807, 2.05) is 30.3 Å². The van der Waals surface area contributed by atoms with Crippen molar-refractivity contribution in [3.8, 4) is 0 Å². The Morgan fingerprint density at radius 2 is 1.90 bits per heavy atom. The Morgan fingerprint density at radius 3 is 2.57 bits per heavy atom. The summed E-state index contributed by atoms with van der Waals surface area (Å²) >= 11 is 0. The van der Waals surface area contributed by atoms with Crippen LogP contribution in [0.2, 0.25) is 0 Å². The van der Waals surface area contributed by atoms with E-state index in [0.29, 0.717) is 18.8 Å². The van der Waals surface area contributed by atoms with Gasteiger partial charge in [-0.05, 0) is 24.1 Å². The van der Waals surface area contributed by atoms with Gasteiger partial charge in [0.25, 0.3) is 0 Å². The van der Waals surface area contributed by atoms with Gasteiger partial charge in [0.05, 0.1) is 0 Å². The molecule has 0 saturated heterocycles. The Hall–Kier alpha value is -2.40. The normalized spacial score (nSPS) is 11.9. The number of pyridine rings is 1. The Balaban J connectivity index is 2.05. The minimum absolute atomic E-state index is 0.0124. The van der Waals surface area contributed by atoms with Crippen molar-refractivity contribution in [2.24, 2.45) is 0 Å². The number of nitrogens with zero attached hydrogens (tertiary/aromatic N) is 1. The van der Waals surface area contributed by atoms with E-state index in [2.05, 4.69) is 10.3 Å². The van der Waals surface area contributed by atoms with Crippen molar-refractivity contribution in [3.05, 3.63) is 59.8 Å². The molecule has 1 heterocycles. The lowest BCUT2D eigenvalue weighted by Gasteiger charge is -2.17. The van der Waals surface area contributed by atoms with Crippen LogP contribution < -0.4 is 5.32 Å². The molecule has 0 spiro atoms. The monoisotopic (exact) mass is 286 g/mol. The molecule has 0 aliphatic rings. The molecule has 3 N–H and O–H groups in total. The van der Waals surface area contributed by atoms with Crippen molar-refractivity contribution in [2.75, 3.05) is 18.5 Å². The Morgan fingerprint density at radius 1 is 1.14 bits per heavy atom. The minimum Gasteiger partial charge on any atom is -0.477 e. The van der Waals surface area contributed by atoms with Crippen molar-refractivity contribution in [2.45, 2.75) is 12.3 Å². The lowest BCUT2D eigenvalue weighted by Crippen LogP contribution is -2.15. The van der Waals surface area contributed by atoms with Crippen molar-refractivity contribution < 1.29 is 15.0 Å². The molecule has 21 heavy (non-hydrogen) atoms. The van der Waals surface area contributed by atoms with Gasteiger partial charge >= 0.3 is 5.97 Å². The van der Waals surface area contributed by atoms with Crippen LogP contribution in [0.15, 0.2) is 48.5 Å². The summed E-state index contributed by atoms with van der Waals surface area (Å²) in [6, 6.07) is 14.7. The van der Waals surface area contributed by atoms with Gasteiger partial charge in [0.2, 0.25) is 0 Å². The number of rotatable bonds is 7. The van der Waals surface area contributed by atoms with Crippen LogP contribution in [0.3, 0.4) is 0 Å². The average molecular weight is 286 g/mol. The second-order valence-corrected chi connectivity index (χ2v) is 4.71. The molecule has 5 heteroatoms. The maximum absolute atomic E-state index is 10.9. The third kappa shape index (κ3) is 4.29. The molecule has 2 rings (SSSR count). The van der Waals surface area contributed by atoms with Crippen LogP contribution in [0.5, 0.6) is 0 Å². The number of anilines is 1. The number of hydrogen-bond acceptors (Lipinski definition) is 4. The summed E-state index contributed by atoms with van der Waals surface area (Å²) in [5.74, 6) is -0.381. The van der Waals surface area contributed by atoms with E-state index in [4.69, 9.17) is 5.11 Å².